The molecule has 2 fully saturated rings. The van der Waals surface area contributed by atoms with E-state index in [0.717, 1.165) is 31.2 Å². The molecule has 1 aliphatic heterocycles. The Morgan fingerprint density at radius 2 is 1.90 bits per heavy atom. The minimum Gasteiger partial charge on any atom is -0.348 e. The molecule has 106 valence electrons. The summed E-state index contributed by atoms with van der Waals surface area (Å²) in [5.41, 5.74) is 2.32. The molecule has 0 unspecified atom stereocenters. The van der Waals surface area contributed by atoms with Crippen LogP contribution < -0.4 is 0 Å². The molecule has 20 heavy (non-hydrogen) atoms. The second-order valence-electron chi connectivity index (χ2n) is 5.26. The fourth-order valence-corrected chi connectivity index (χ4v) is 2.85. The first-order valence-corrected chi connectivity index (χ1v) is 6.89. The third-order valence-corrected chi connectivity index (χ3v) is 3.92. The van der Waals surface area contributed by atoms with Crippen molar-refractivity contribution in [1.82, 2.24) is 0 Å². The van der Waals surface area contributed by atoms with Crippen LogP contribution in [0, 0.1) is 10.1 Å². The molecule has 2 aliphatic rings. The molecular formula is C15H17NO4. The largest absolute Gasteiger partial charge is 0.348 e. The molecule has 0 radical (unpaired) electrons. The molecule has 0 atom stereocenters. The van der Waals surface area contributed by atoms with Crippen molar-refractivity contribution in [3.8, 4) is 0 Å². The minimum atomic E-state index is -0.363. The van der Waals surface area contributed by atoms with Crippen LogP contribution in [0.1, 0.15) is 31.2 Å². The predicted molar refractivity (Wildman–Crippen MR) is 74.2 cm³/mol. The standard InChI is InChI=1S/C15H17NO4/c17-16(18)14-3-1-2-13(11-14)10-12-4-6-15(7-5-12)19-8-9-20-15/h1-3,10-11H,4-9H2. The summed E-state index contributed by atoms with van der Waals surface area (Å²) in [5, 5.41) is 10.8. The first-order chi connectivity index (χ1) is 9.67. The fraction of sp³-hybridized carbons (Fsp3) is 0.467. The van der Waals surface area contributed by atoms with Gasteiger partial charge in [-0.15, -0.1) is 0 Å². The number of nitro groups is 1. The van der Waals surface area contributed by atoms with E-state index in [1.807, 2.05) is 6.07 Å². The van der Waals surface area contributed by atoms with Crippen LogP contribution in [-0.4, -0.2) is 23.9 Å². The van der Waals surface area contributed by atoms with Crippen molar-refractivity contribution in [3.05, 3.63) is 45.5 Å². The van der Waals surface area contributed by atoms with Crippen molar-refractivity contribution in [1.29, 1.82) is 0 Å². The van der Waals surface area contributed by atoms with E-state index in [1.54, 1.807) is 12.1 Å². The Morgan fingerprint density at radius 1 is 1.20 bits per heavy atom. The van der Waals surface area contributed by atoms with Crippen LogP contribution in [0.15, 0.2) is 29.8 Å². The molecule has 5 heteroatoms. The van der Waals surface area contributed by atoms with Crippen LogP contribution in [0.4, 0.5) is 5.69 Å². The van der Waals surface area contributed by atoms with Crippen molar-refractivity contribution in [2.45, 2.75) is 31.5 Å². The fourth-order valence-electron chi connectivity index (χ4n) is 2.85. The number of nitrogens with zero attached hydrogens (tertiary/aromatic N) is 1. The summed E-state index contributed by atoms with van der Waals surface area (Å²) in [6, 6.07) is 6.74. The maximum Gasteiger partial charge on any atom is 0.270 e. The molecule has 1 aliphatic carbocycles. The first kappa shape index (κ1) is 13.3. The number of ether oxygens (including phenoxy) is 2. The van der Waals surface area contributed by atoms with Gasteiger partial charge in [-0.3, -0.25) is 10.1 Å². The Labute approximate surface area is 117 Å². The molecule has 0 aromatic heterocycles. The average molecular weight is 275 g/mol. The molecule has 0 amide bonds. The molecule has 5 nitrogen and oxygen atoms in total. The zero-order valence-electron chi connectivity index (χ0n) is 11.2. The zero-order valence-corrected chi connectivity index (χ0v) is 11.2. The summed E-state index contributed by atoms with van der Waals surface area (Å²) >= 11 is 0. The number of rotatable bonds is 2. The van der Waals surface area contributed by atoms with Gasteiger partial charge in [-0.05, 0) is 18.4 Å². The van der Waals surface area contributed by atoms with Crippen LogP contribution in [0.25, 0.3) is 6.08 Å². The van der Waals surface area contributed by atoms with Gasteiger partial charge in [0.1, 0.15) is 0 Å². The Hall–Kier alpha value is -1.72. The van der Waals surface area contributed by atoms with E-state index in [0.29, 0.717) is 13.2 Å². The van der Waals surface area contributed by atoms with Gasteiger partial charge in [0.05, 0.1) is 18.1 Å². The highest BCUT2D eigenvalue weighted by Gasteiger charge is 2.38. The topological polar surface area (TPSA) is 61.6 Å². The minimum absolute atomic E-state index is 0.133. The lowest BCUT2D eigenvalue weighted by molar-refractivity contribution is -0.384. The summed E-state index contributed by atoms with van der Waals surface area (Å²) in [6.45, 7) is 1.37. The SMILES string of the molecule is O=[N+]([O-])c1cccc(C=C2CCC3(CC2)OCCO3)c1. The molecule has 3 rings (SSSR count). The Kier molecular flexibility index (Phi) is 3.54. The molecule has 0 bridgehead atoms. The lowest BCUT2D eigenvalue weighted by atomic mass is 9.88. The van der Waals surface area contributed by atoms with E-state index in [9.17, 15) is 10.1 Å². The highest BCUT2D eigenvalue weighted by Crippen LogP contribution is 2.38. The van der Waals surface area contributed by atoms with Crippen LogP contribution in [-0.2, 0) is 9.47 Å². The summed E-state index contributed by atoms with van der Waals surface area (Å²) in [6.07, 6.45) is 5.63. The molecular weight excluding hydrogens is 258 g/mol. The number of hydrogen-bond acceptors (Lipinski definition) is 4. The summed E-state index contributed by atoms with van der Waals surface area (Å²) < 4.78 is 11.4. The van der Waals surface area contributed by atoms with Crippen molar-refractivity contribution in [2.24, 2.45) is 0 Å². The highest BCUT2D eigenvalue weighted by molar-refractivity contribution is 5.56. The van der Waals surface area contributed by atoms with Crippen molar-refractivity contribution in [3.63, 3.8) is 0 Å². The molecule has 1 saturated heterocycles. The number of hydrogen-bond donors (Lipinski definition) is 0. The molecule has 1 aromatic carbocycles. The maximum absolute atomic E-state index is 10.8. The molecule has 1 saturated carbocycles. The number of nitro benzene ring substituents is 1. The van der Waals surface area contributed by atoms with Crippen LogP contribution in [0.3, 0.4) is 0 Å². The summed E-state index contributed by atoms with van der Waals surface area (Å²) in [4.78, 5) is 10.4. The number of benzene rings is 1. The quantitative estimate of drug-likeness (QED) is 0.613. The monoisotopic (exact) mass is 275 g/mol. The molecule has 1 spiro atoms. The van der Waals surface area contributed by atoms with E-state index in [2.05, 4.69) is 6.08 Å². The van der Waals surface area contributed by atoms with Gasteiger partial charge in [-0.1, -0.05) is 23.8 Å². The van der Waals surface area contributed by atoms with E-state index in [1.165, 1.54) is 11.6 Å². The third kappa shape index (κ3) is 2.73. The van der Waals surface area contributed by atoms with E-state index < -0.39 is 0 Å². The lowest BCUT2D eigenvalue weighted by Gasteiger charge is -2.32. The number of allylic oxidation sites excluding steroid dienone is 1. The summed E-state index contributed by atoms with van der Waals surface area (Å²) in [7, 11) is 0. The van der Waals surface area contributed by atoms with Crippen molar-refractivity contribution < 1.29 is 14.4 Å². The van der Waals surface area contributed by atoms with Gasteiger partial charge in [0, 0.05) is 25.0 Å². The van der Waals surface area contributed by atoms with E-state index in [-0.39, 0.29) is 16.4 Å². The second kappa shape index (κ2) is 5.34. The molecule has 1 aromatic rings. The van der Waals surface area contributed by atoms with Crippen molar-refractivity contribution in [2.75, 3.05) is 13.2 Å². The lowest BCUT2D eigenvalue weighted by Crippen LogP contribution is -2.33. The highest BCUT2D eigenvalue weighted by atomic mass is 16.7. The Morgan fingerprint density at radius 3 is 2.55 bits per heavy atom. The van der Waals surface area contributed by atoms with Crippen LogP contribution >= 0.6 is 0 Å². The maximum atomic E-state index is 10.8. The van der Waals surface area contributed by atoms with E-state index >= 15 is 0 Å². The zero-order chi connectivity index (χ0) is 14.0. The van der Waals surface area contributed by atoms with Crippen LogP contribution in [0.2, 0.25) is 0 Å². The van der Waals surface area contributed by atoms with Crippen LogP contribution in [0.5, 0.6) is 0 Å². The predicted octanol–water partition coefficient (Wildman–Crippen LogP) is 3.30. The first-order valence-electron chi connectivity index (χ1n) is 6.89. The van der Waals surface area contributed by atoms with Gasteiger partial charge in [-0.25, -0.2) is 0 Å². The van der Waals surface area contributed by atoms with Gasteiger partial charge < -0.3 is 9.47 Å². The van der Waals surface area contributed by atoms with E-state index in [4.69, 9.17) is 9.47 Å². The van der Waals surface area contributed by atoms with Gasteiger partial charge in [0.15, 0.2) is 5.79 Å². The van der Waals surface area contributed by atoms with Gasteiger partial charge in [0.2, 0.25) is 0 Å². The third-order valence-electron chi connectivity index (χ3n) is 3.92. The molecule has 1 heterocycles. The smallest absolute Gasteiger partial charge is 0.270 e. The van der Waals surface area contributed by atoms with Gasteiger partial charge in [0.25, 0.3) is 5.69 Å². The average Bonchev–Trinajstić information content (AvgIpc) is 2.90. The normalized spacial score (nSPS) is 21.1. The summed E-state index contributed by atoms with van der Waals surface area (Å²) in [5.74, 6) is -0.361. The van der Waals surface area contributed by atoms with Crippen molar-refractivity contribution >= 4 is 11.8 Å². The van der Waals surface area contributed by atoms with Gasteiger partial charge >= 0.3 is 0 Å². The molecule has 0 N–H and O–H groups in total. The van der Waals surface area contributed by atoms with Gasteiger partial charge in [-0.2, -0.15) is 0 Å². The number of non-ortho nitro benzene ring substituents is 1. The Bertz CT molecular complexity index is 535. The Balaban J connectivity index is 1.71. The second-order valence-corrected chi connectivity index (χ2v) is 5.26.